The summed E-state index contributed by atoms with van der Waals surface area (Å²) in [5.41, 5.74) is 3.05. The van der Waals surface area contributed by atoms with Crippen molar-refractivity contribution < 1.29 is 36.9 Å². The van der Waals surface area contributed by atoms with Crippen LogP contribution in [0.25, 0.3) is 11.0 Å². The number of nitrogens with one attached hydrogen (secondary N) is 2. The molecule has 1 aromatic heterocycles. The number of aromatic amines is 1. The maximum Gasteiger partial charge on any atom is 0.416 e. The number of fused-ring (bicyclic) bond motifs is 1. The van der Waals surface area contributed by atoms with Crippen molar-refractivity contribution >= 4 is 22.9 Å². The third kappa shape index (κ3) is 8.67. The molecule has 13 heteroatoms. The molecule has 2 unspecified atom stereocenters. The van der Waals surface area contributed by atoms with Crippen molar-refractivity contribution in [2.75, 3.05) is 59.5 Å². The molecule has 2 aliphatic rings. The summed E-state index contributed by atoms with van der Waals surface area (Å²) in [6, 6.07) is 15.0. The Hall–Kier alpha value is -4.49. The van der Waals surface area contributed by atoms with Gasteiger partial charge in [-0.3, -0.25) is 9.69 Å². The third-order valence-corrected chi connectivity index (χ3v) is 10.6. The Morgan fingerprint density at radius 3 is 2.42 bits per heavy atom. The van der Waals surface area contributed by atoms with Crippen molar-refractivity contribution in [3.63, 3.8) is 0 Å². The molecule has 0 spiro atoms. The van der Waals surface area contributed by atoms with Gasteiger partial charge in [-0.2, -0.15) is 13.2 Å². The van der Waals surface area contributed by atoms with E-state index >= 15 is 0 Å². The number of hydrogen-bond donors (Lipinski definition) is 2. The summed E-state index contributed by atoms with van der Waals surface area (Å²) >= 11 is 0. The summed E-state index contributed by atoms with van der Waals surface area (Å²) in [6.45, 7) is 5.64. The van der Waals surface area contributed by atoms with Crippen LogP contribution in [0.15, 0.2) is 54.6 Å². The number of methoxy groups -OCH3 is 3. The van der Waals surface area contributed by atoms with Gasteiger partial charge in [-0.25, -0.2) is 4.98 Å². The SMILES string of the molecule is CCOCCc1cccc2[nH]c(NC3CCCCN3CCC3(Cc4ccc(C(F)(F)F)cc4)CCN(Cc4cc(OC)c(OC)c(OC)c4)C3=O)nc12. The highest BCUT2D eigenvalue weighted by Gasteiger charge is 2.47. The number of carbonyl (C=O) groups excluding carboxylic acids is 1. The summed E-state index contributed by atoms with van der Waals surface area (Å²) in [6.07, 6.45) is 0.840. The van der Waals surface area contributed by atoms with Crippen LogP contribution in [-0.2, 0) is 35.1 Å². The van der Waals surface area contributed by atoms with Crippen molar-refractivity contribution in [3.8, 4) is 17.2 Å². The van der Waals surface area contributed by atoms with Crippen LogP contribution in [0.2, 0.25) is 0 Å². The zero-order valence-corrected chi connectivity index (χ0v) is 31.0. The third-order valence-electron chi connectivity index (χ3n) is 10.6. The van der Waals surface area contributed by atoms with Gasteiger partial charge in [-0.05, 0) is 98.9 Å². The number of hydrogen-bond acceptors (Lipinski definition) is 8. The number of H-pyrrole nitrogens is 1. The molecule has 286 valence electrons. The second-order valence-corrected chi connectivity index (χ2v) is 13.9. The number of rotatable bonds is 16. The van der Waals surface area contributed by atoms with Crippen LogP contribution in [0, 0.1) is 5.41 Å². The molecule has 0 bridgehead atoms. The van der Waals surface area contributed by atoms with Crippen LogP contribution >= 0.6 is 0 Å². The number of para-hydroxylation sites is 1. The highest BCUT2D eigenvalue weighted by Crippen LogP contribution is 2.43. The van der Waals surface area contributed by atoms with E-state index in [1.54, 1.807) is 21.3 Å². The first kappa shape index (κ1) is 38.2. The van der Waals surface area contributed by atoms with E-state index in [4.69, 9.17) is 23.9 Å². The smallest absolute Gasteiger partial charge is 0.416 e. The van der Waals surface area contributed by atoms with Gasteiger partial charge in [0.25, 0.3) is 0 Å². The van der Waals surface area contributed by atoms with E-state index in [1.807, 2.05) is 36.1 Å². The van der Waals surface area contributed by atoms with E-state index in [-0.39, 0.29) is 12.1 Å². The quantitative estimate of drug-likeness (QED) is 0.114. The van der Waals surface area contributed by atoms with Crippen molar-refractivity contribution in [2.24, 2.45) is 5.41 Å². The van der Waals surface area contributed by atoms with Crippen molar-refractivity contribution in [2.45, 2.75) is 70.8 Å². The van der Waals surface area contributed by atoms with Gasteiger partial charge >= 0.3 is 6.18 Å². The lowest BCUT2D eigenvalue weighted by Gasteiger charge is -2.38. The van der Waals surface area contributed by atoms with E-state index in [9.17, 15) is 18.0 Å². The van der Waals surface area contributed by atoms with Crippen LogP contribution in [0.3, 0.4) is 0 Å². The highest BCUT2D eigenvalue weighted by molar-refractivity contribution is 5.85. The second kappa shape index (κ2) is 16.7. The molecule has 2 fully saturated rings. The Labute approximate surface area is 308 Å². The molecule has 4 aromatic rings. The predicted octanol–water partition coefficient (Wildman–Crippen LogP) is 7.46. The Morgan fingerprint density at radius 2 is 1.74 bits per heavy atom. The molecule has 6 rings (SSSR count). The highest BCUT2D eigenvalue weighted by atomic mass is 19.4. The van der Waals surface area contributed by atoms with Gasteiger partial charge in [0.15, 0.2) is 11.5 Å². The lowest BCUT2D eigenvalue weighted by atomic mass is 9.76. The summed E-state index contributed by atoms with van der Waals surface area (Å²) in [5.74, 6) is 2.16. The van der Waals surface area contributed by atoms with Gasteiger partial charge in [0.1, 0.15) is 0 Å². The Bertz CT molecular complexity index is 1820. The Kier molecular flexibility index (Phi) is 12.0. The zero-order valence-electron chi connectivity index (χ0n) is 31.0. The number of amides is 1. The molecule has 1 amide bonds. The predicted molar refractivity (Wildman–Crippen MR) is 197 cm³/mol. The molecule has 53 heavy (non-hydrogen) atoms. The number of ether oxygens (including phenoxy) is 4. The summed E-state index contributed by atoms with van der Waals surface area (Å²) in [5, 5.41) is 3.65. The fourth-order valence-electron chi connectivity index (χ4n) is 7.80. The summed E-state index contributed by atoms with van der Waals surface area (Å²) in [7, 11) is 4.64. The van der Waals surface area contributed by atoms with Gasteiger partial charge in [-0.15, -0.1) is 0 Å². The largest absolute Gasteiger partial charge is 0.493 e. The minimum Gasteiger partial charge on any atom is -0.493 e. The van der Waals surface area contributed by atoms with Gasteiger partial charge in [-0.1, -0.05) is 24.3 Å². The number of benzene rings is 3. The Morgan fingerprint density at radius 1 is 0.981 bits per heavy atom. The minimum absolute atomic E-state index is 0.00569. The van der Waals surface area contributed by atoms with E-state index in [2.05, 4.69) is 21.3 Å². The van der Waals surface area contributed by atoms with Crippen molar-refractivity contribution in [1.82, 2.24) is 19.8 Å². The first-order valence-corrected chi connectivity index (χ1v) is 18.4. The van der Waals surface area contributed by atoms with Gasteiger partial charge in [0.05, 0.1) is 56.1 Å². The van der Waals surface area contributed by atoms with Crippen LogP contribution in [0.1, 0.15) is 61.3 Å². The first-order valence-electron chi connectivity index (χ1n) is 18.4. The molecule has 3 heterocycles. The van der Waals surface area contributed by atoms with Crippen molar-refractivity contribution in [1.29, 1.82) is 0 Å². The van der Waals surface area contributed by atoms with E-state index < -0.39 is 17.2 Å². The molecule has 2 aliphatic heterocycles. The maximum absolute atomic E-state index is 14.6. The number of halogens is 3. The molecule has 10 nitrogen and oxygen atoms in total. The fourth-order valence-corrected chi connectivity index (χ4v) is 7.80. The topological polar surface area (TPSA) is 101 Å². The number of aromatic nitrogens is 2. The number of imidazole rings is 1. The van der Waals surface area contributed by atoms with Gasteiger partial charge in [0, 0.05) is 32.8 Å². The lowest BCUT2D eigenvalue weighted by Crippen LogP contribution is -2.47. The average molecular weight is 738 g/mol. The first-order chi connectivity index (χ1) is 25.6. The number of piperidine rings is 1. The number of likely N-dealkylation sites (tertiary alicyclic amines) is 2. The molecular weight excluding hydrogens is 687 g/mol. The molecule has 0 saturated carbocycles. The second-order valence-electron chi connectivity index (χ2n) is 13.9. The molecular formula is C40H50F3N5O5. The molecule has 2 N–H and O–H groups in total. The number of alkyl halides is 3. The maximum atomic E-state index is 14.6. The number of nitrogens with zero attached hydrogens (tertiary/aromatic N) is 3. The summed E-state index contributed by atoms with van der Waals surface area (Å²) < 4.78 is 62.5. The van der Waals surface area contributed by atoms with Gasteiger partial charge < -0.3 is 34.1 Å². The van der Waals surface area contributed by atoms with Gasteiger partial charge in [0.2, 0.25) is 17.6 Å². The van der Waals surface area contributed by atoms with E-state index in [1.165, 1.54) is 12.1 Å². The summed E-state index contributed by atoms with van der Waals surface area (Å²) in [4.78, 5) is 27.2. The number of anilines is 1. The zero-order chi connectivity index (χ0) is 37.6. The molecule has 2 atom stereocenters. The van der Waals surface area contributed by atoms with Crippen LogP contribution < -0.4 is 19.5 Å². The normalized spacial score (nSPS) is 19.6. The van der Waals surface area contributed by atoms with Crippen molar-refractivity contribution in [3.05, 3.63) is 76.9 Å². The Balaban J connectivity index is 1.22. The fraction of sp³-hybridized carbons (Fsp3) is 0.500. The molecule has 0 radical (unpaired) electrons. The standard InChI is InChI=1S/C40H50F3N5O5/c1-5-53-22-16-29-9-8-10-31-35(29)46-38(44-31)45-34-11-6-7-19-47(34)20-17-39(25-27-12-14-30(15-13-27)40(41,42)43)18-21-48(37(39)49)26-28-23-32(50-2)36(52-4)33(24-28)51-3/h8-10,12-15,23-24,34H,5-7,11,16-22,25-26H2,1-4H3,(H2,44,45,46). The molecule has 3 aromatic carbocycles. The molecule has 2 saturated heterocycles. The van der Waals surface area contributed by atoms with Crippen LogP contribution in [-0.4, -0.2) is 86.0 Å². The van der Waals surface area contributed by atoms with E-state index in [0.29, 0.717) is 80.9 Å². The number of carbonyl (C=O) groups is 1. The van der Waals surface area contributed by atoms with E-state index in [0.717, 1.165) is 66.5 Å². The van der Waals surface area contributed by atoms with Crippen LogP contribution in [0.5, 0.6) is 17.2 Å². The molecule has 0 aliphatic carbocycles. The minimum atomic E-state index is -4.43. The van der Waals surface area contributed by atoms with Crippen LogP contribution in [0.4, 0.5) is 19.1 Å². The average Bonchev–Trinajstić information content (AvgIpc) is 3.71. The lowest BCUT2D eigenvalue weighted by molar-refractivity contribution is -0.138. The monoisotopic (exact) mass is 737 g/mol.